The molecule has 0 aliphatic rings. The molecule has 2 rings (SSSR count). The zero-order chi connectivity index (χ0) is 14.9. The Labute approximate surface area is 129 Å². The number of hydrogen-bond acceptors (Lipinski definition) is 4. The molecule has 0 fully saturated rings. The molecule has 1 heterocycles. The molecule has 0 amide bonds. The van der Waals surface area contributed by atoms with E-state index in [2.05, 4.69) is 24.0 Å². The van der Waals surface area contributed by atoms with E-state index >= 15 is 0 Å². The molecule has 21 heavy (non-hydrogen) atoms. The molecule has 0 bridgehead atoms. The van der Waals surface area contributed by atoms with Gasteiger partial charge in [-0.1, -0.05) is 24.0 Å². The lowest BCUT2D eigenvalue weighted by Crippen LogP contribution is -1.96. The van der Waals surface area contributed by atoms with Crippen molar-refractivity contribution in [2.45, 2.75) is 13.0 Å². The fraction of sp³-hybridized carbons (Fsp3) is 0.294. The summed E-state index contributed by atoms with van der Waals surface area (Å²) in [5.41, 5.74) is 7.61. The number of nitrogens with two attached hydrogens (primary N) is 1. The van der Waals surface area contributed by atoms with Crippen LogP contribution in [0.15, 0.2) is 35.7 Å². The van der Waals surface area contributed by atoms with E-state index in [9.17, 15) is 0 Å². The normalized spacial score (nSPS) is 10.0. The molecule has 3 nitrogen and oxygen atoms in total. The predicted octanol–water partition coefficient (Wildman–Crippen LogP) is 2.83. The third kappa shape index (κ3) is 5.24. The second kappa shape index (κ2) is 8.48. The number of methoxy groups -OCH3 is 1. The Bertz CT molecular complexity index is 608. The van der Waals surface area contributed by atoms with Crippen LogP contribution in [0.25, 0.3) is 0 Å². The SMILES string of the molecule is COCCc1ccc(OCc2cc(C#CCN)cs2)cc1. The van der Waals surface area contributed by atoms with Crippen molar-refractivity contribution in [1.29, 1.82) is 0 Å². The molecule has 0 radical (unpaired) electrons. The largest absolute Gasteiger partial charge is 0.488 e. The molecule has 2 aromatic rings. The zero-order valence-electron chi connectivity index (χ0n) is 12.1. The molecule has 0 aliphatic heterocycles. The van der Waals surface area contributed by atoms with E-state index in [4.69, 9.17) is 15.2 Å². The highest BCUT2D eigenvalue weighted by molar-refractivity contribution is 7.10. The molecule has 0 spiro atoms. The van der Waals surface area contributed by atoms with E-state index in [-0.39, 0.29) is 0 Å². The maximum absolute atomic E-state index is 5.78. The van der Waals surface area contributed by atoms with Crippen LogP contribution in [-0.4, -0.2) is 20.3 Å². The van der Waals surface area contributed by atoms with Crippen molar-refractivity contribution in [3.8, 4) is 17.6 Å². The molecule has 0 atom stereocenters. The summed E-state index contributed by atoms with van der Waals surface area (Å²) < 4.78 is 10.8. The first-order chi connectivity index (χ1) is 10.3. The van der Waals surface area contributed by atoms with Gasteiger partial charge in [0.25, 0.3) is 0 Å². The van der Waals surface area contributed by atoms with Gasteiger partial charge in [0.05, 0.1) is 13.2 Å². The smallest absolute Gasteiger partial charge is 0.122 e. The van der Waals surface area contributed by atoms with Crippen molar-refractivity contribution in [2.75, 3.05) is 20.3 Å². The van der Waals surface area contributed by atoms with Gasteiger partial charge in [0.1, 0.15) is 12.4 Å². The third-order valence-corrected chi connectivity index (χ3v) is 3.80. The Morgan fingerprint density at radius 2 is 2.05 bits per heavy atom. The second-order valence-corrected chi connectivity index (χ2v) is 5.48. The Morgan fingerprint density at radius 1 is 1.24 bits per heavy atom. The van der Waals surface area contributed by atoms with Crippen molar-refractivity contribution < 1.29 is 9.47 Å². The van der Waals surface area contributed by atoms with Gasteiger partial charge in [-0.15, -0.1) is 11.3 Å². The molecule has 0 aliphatic carbocycles. The van der Waals surface area contributed by atoms with E-state index in [1.54, 1.807) is 18.4 Å². The van der Waals surface area contributed by atoms with Gasteiger partial charge in [-0.25, -0.2) is 0 Å². The number of hydrogen-bond donors (Lipinski definition) is 1. The van der Waals surface area contributed by atoms with Crippen molar-refractivity contribution in [1.82, 2.24) is 0 Å². The fourth-order valence-electron chi connectivity index (χ4n) is 1.80. The second-order valence-electron chi connectivity index (χ2n) is 4.48. The lowest BCUT2D eigenvalue weighted by molar-refractivity contribution is 0.202. The highest BCUT2D eigenvalue weighted by Crippen LogP contribution is 2.18. The van der Waals surface area contributed by atoms with Crippen molar-refractivity contribution in [3.05, 3.63) is 51.7 Å². The third-order valence-electron chi connectivity index (χ3n) is 2.89. The van der Waals surface area contributed by atoms with E-state index in [1.165, 1.54) is 5.56 Å². The van der Waals surface area contributed by atoms with Gasteiger partial charge in [0.15, 0.2) is 0 Å². The maximum atomic E-state index is 5.78. The van der Waals surface area contributed by atoms with Crippen LogP contribution in [0, 0.1) is 11.8 Å². The van der Waals surface area contributed by atoms with Crippen LogP contribution in [0.5, 0.6) is 5.75 Å². The molecular formula is C17H19NO2S. The van der Waals surface area contributed by atoms with Crippen LogP contribution in [-0.2, 0) is 17.8 Å². The Morgan fingerprint density at radius 3 is 2.76 bits per heavy atom. The summed E-state index contributed by atoms with van der Waals surface area (Å²) in [6, 6.07) is 10.2. The summed E-state index contributed by atoms with van der Waals surface area (Å²) in [5.74, 6) is 6.74. The average molecular weight is 301 g/mol. The van der Waals surface area contributed by atoms with E-state index in [0.29, 0.717) is 13.2 Å². The summed E-state index contributed by atoms with van der Waals surface area (Å²) in [4.78, 5) is 1.15. The standard InChI is InChI=1S/C17H19NO2S/c1-19-10-8-14-4-6-16(7-5-14)20-12-17-11-15(13-21-17)3-2-9-18/h4-7,11,13H,8-10,12,18H2,1H3. The summed E-state index contributed by atoms with van der Waals surface area (Å²) in [7, 11) is 1.71. The molecular weight excluding hydrogens is 282 g/mol. The number of ether oxygens (including phenoxy) is 2. The maximum Gasteiger partial charge on any atom is 0.122 e. The van der Waals surface area contributed by atoms with Gasteiger partial charge < -0.3 is 15.2 Å². The van der Waals surface area contributed by atoms with Crippen molar-refractivity contribution >= 4 is 11.3 Å². The summed E-state index contributed by atoms with van der Waals surface area (Å²) in [6.07, 6.45) is 0.922. The number of thiophene rings is 1. The van der Waals surface area contributed by atoms with Gasteiger partial charge >= 0.3 is 0 Å². The van der Waals surface area contributed by atoms with Crippen LogP contribution in [0.4, 0.5) is 0 Å². The Balaban J connectivity index is 1.86. The number of benzene rings is 1. The van der Waals surface area contributed by atoms with Crippen LogP contribution >= 0.6 is 11.3 Å². The molecule has 2 N–H and O–H groups in total. The first-order valence-corrected chi connectivity index (χ1v) is 7.67. The average Bonchev–Trinajstić information content (AvgIpc) is 2.98. The molecule has 0 saturated carbocycles. The van der Waals surface area contributed by atoms with Crippen LogP contribution in [0.3, 0.4) is 0 Å². The van der Waals surface area contributed by atoms with Crippen LogP contribution in [0.2, 0.25) is 0 Å². The van der Waals surface area contributed by atoms with Gasteiger partial charge in [-0.05, 0) is 30.2 Å². The van der Waals surface area contributed by atoms with Gasteiger partial charge in [0, 0.05) is 22.9 Å². The Kier molecular flexibility index (Phi) is 6.29. The Hall–Kier alpha value is -1.80. The molecule has 1 aromatic heterocycles. The van der Waals surface area contributed by atoms with Gasteiger partial charge in [-0.2, -0.15) is 0 Å². The van der Waals surface area contributed by atoms with E-state index in [1.807, 2.05) is 23.6 Å². The summed E-state index contributed by atoms with van der Waals surface area (Å²) >= 11 is 1.65. The van der Waals surface area contributed by atoms with Gasteiger partial charge in [-0.3, -0.25) is 0 Å². The highest BCUT2D eigenvalue weighted by Gasteiger charge is 2.00. The molecule has 4 heteroatoms. The topological polar surface area (TPSA) is 44.5 Å². The quantitative estimate of drug-likeness (QED) is 0.835. The minimum Gasteiger partial charge on any atom is -0.488 e. The zero-order valence-corrected chi connectivity index (χ0v) is 12.9. The lowest BCUT2D eigenvalue weighted by atomic mass is 10.1. The first kappa shape index (κ1) is 15.6. The van der Waals surface area contributed by atoms with Crippen LogP contribution < -0.4 is 10.5 Å². The summed E-state index contributed by atoms with van der Waals surface area (Å²) in [5, 5.41) is 2.02. The molecule has 1 aromatic carbocycles. The lowest BCUT2D eigenvalue weighted by Gasteiger charge is -2.06. The predicted molar refractivity (Wildman–Crippen MR) is 86.6 cm³/mol. The first-order valence-electron chi connectivity index (χ1n) is 6.79. The van der Waals surface area contributed by atoms with Crippen molar-refractivity contribution in [3.63, 3.8) is 0 Å². The monoisotopic (exact) mass is 301 g/mol. The number of rotatable bonds is 6. The van der Waals surface area contributed by atoms with Crippen LogP contribution in [0.1, 0.15) is 16.0 Å². The summed E-state index contributed by atoms with van der Waals surface area (Å²) in [6.45, 7) is 1.69. The molecule has 110 valence electrons. The molecule has 0 saturated heterocycles. The minimum atomic E-state index is 0.386. The van der Waals surface area contributed by atoms with E-state index < -0.39 is 0 Å². The fourth-order valence-corrected chi connectivity index (χ4v) is 2.53. The van der Waals surface area contributed by atoms with Crippen molar-refractivity contribution in [2.24, 2.45) is 5.73 Å². The minimum absolute atomic E-state index is 0.386. The highest BCUT2D eigenvalue weighted by atomic mass is 32.1. The van der Waals surface area contributed by atoms with E-state index in [0.717, 1.165) is 29.2 Å². The molecule has 0 unspecified atom stereocenters. The van der Waals surface area contributed by atoms with Gasteiger partial charge in [0.2, 0.25) is 0 Å².